The third-order valence-corrected chi connectivity index (χ3v) is 2.86. The van der Waals surface area contributed by atoms with Gasteiger partial charge in [-0.2, -0.15) is 0 Å². The second-order valence-electron chi connectivity index (χ2n) is 4.08. The van der Waals surface area contributed by atoms with E-state index >= 15 is 0 Å². The molecule has 2 heteroatoms. The van der Waals surface area contributed by atoms with E-state index < -0.39 is 0 Å². The average molecular weight is 178 g/mol. The molecular weight excluding hydrogens is 158 g/mol. The van der Waals surface area contributed by atoms with Crippen molar-refractivity contribution in [1.29, 1.82) is 0 Å². The first-order valence-corrected chi connectivity index (χ1v) is 4.34. The minimum absolute atomic E-state index is 0. The van der Waals surface area contributed by atoms with Crippen molar-refractivity contribution >= 4 is 12.4 Å². The van der Waals surface area contributed by atoms with Crippen LogP contribution in [0.4, 0.5) is 0 Å². The van der Waals surface area contributed by atoms with Crippen LogP contribution >= 0.6 is 12.4 Å². The van der Waals surface area contributed by atoms with Gasteiger partial charge in [-0.25, -0.2) is 0 Å². The number of hydrogen-bond donors (Lipinski definition) is 1. The van der Waals surface area contributed by atoms with Gasteiger partial charge < -0.3 is 5.32 Å². The predicted octanol–water partition coefficient (Wildman–Crippen LogP) is 2.60. The van der Waals surface area contributed by atoms with Gasteiger partial charge in [0.25, 0.3) is 0 Å². The van der Waals surface area contributed by atoms with E-state index in [-0.39, 0.29) is 12.4 Å². The number of rotatable bonds is 1. The van der Waals surface area contributed by atoms with Gasteiger partial charge in [0.1, 0.15) is 0 Å². The summed E-state index contributed by atoms with van der Waals surface area (Å²) in [6.45, 7) is 4.74. The van der Waals surface area contributed by atoms with Crippen LogP contribution in [0.2, 0.25) is 0 Å². The summed E-state index contributed by atoms with van der Waals surface area (Å²) in [5.41, 5.74) is 0.535. The van der Waals surface area contributed by atoms with Gasteiger partial charge in [0.05, 0.1) is 0 Å². The van der Waals surface area contributed by atoms with Crippen molar-refractivity contribution in [3.8, 4) is 0 Å². The van der Waals surface area contributed by atoms with E-state index in [0.717, 1.165) is 6.04 Å². The molecule has 0 heterocycles. The van der Waals surface area contributed by atoms with Crippen molar-refractivity contribution in [3.05, 3.63) is 0 Å². The summed E-state index contributed by atoms with van der Waals surface area (Å²) in [7, 11) is 2.08. The first kappa shape index (κ1) is 11.2. The van der Waals surface area contributed by atoms with Gasteiger partial charge in [-0.1, -0.05) is 26.7 Å². The molecule has 1 atom stereocenters. The van der Waals surface area contributed by atoms with Crippen LogP contribution in [-0.2, 0) is 0 Å². The van der Waals surface area contributed by atoms with E-state index in [0.29, 0.717) is 5.41 Å². The van der Waals surface area contributed by atoms with Crippen molar-refractivity contribution in [2.24, 2.45) is 5.41 Å². The summed E-state index contributed by atoms with van der Waals surface area (Å²) in [6, 6.07) is 0.751. The highest BCUT2D eigenvalue weighted by Gasteiger charge is 2.30. The summed E-state index contributed by atoms with van der Waals surface area (Å²) < 4.78 is 0. The largest absolute Gasteiger partial charge is 0.316 e. The Morgan fingerprint density at radius 2 is 1.91 bits per heavy atom. The van der Waals surface area contributed by atoms with Crippen LogP contribution in [0.1, 0.15) is 39.5 Å². The highest BCUT2D eigenvalue weighted by molar-refractivity contribution is 5.85. The molecule has 1 aliphatic carbocycles. The zero-order valence-electron chi connectivity index (χ0n) is 7.81. The van der Waals surface area contributed by atoms with E-state index in [2.05, 4.69) is 26.2 Å². The monoisotopic (exact) mass is 177 g/mol. The van der Waals surface area contributed by atoms with E-state index in [1.54, 1.807) is 0 Å². The number of halogens is 1. The minimum atomic E-state index is 0. The Kier molecular flexibility index (Phi) is 4.42. The fraction of sp³-hybridized carbons (Fsp3) is 1.00. The van der Waals surface area contributed by atoms with Crippen LogP contribution in [0.5, 0.6) is 0 Å². The zero-order valence-corrected chi connectivity index (χ0v) is 8.63. The van der Waals surface area contributed by atoms with Crippen LogP contribution in [0.25, 0.3) is 0 Å². The summed E-state index contributed by atoms with van der Waals surface area (Å²) in [5, 5.41) is 3.39. The first-order chi connectivity index (χ1) is 4.67. The average Bonchev–Trinajstić information content (AvgIpc) is 1.87. The molecule has 0 amide bonds. The lowest BCUT2D eigenvalue weighted by molar-refractivity contribution is 0.176. The van der Waals surface area contributed by atoms with E-state index in [9.17, 15) is 0 Å². The lowest BCUT2D eigenvalue weighted by atomic mass is 9.73. The molecule has 1 rings (SSSR count). The van der Waals surface area contributed by atoms with E-state index in [1.807, 2.05) is 0 Å². The number of nitrogens with one attached hydrogen (secondary N) is 1. The van der Waals surface area contributed by atoms with Gasteiger partial charge in [-0.05, 0) is 25.3 Å². The molecule has 1 unspecified atom stereocenters. The normalized spacial score (nSPS) is 29.2. The van der Waals surface area contributed by atoms with Crippen molar-refractivity contribution in [2.45, 2.75) is 45.6 Å². The zero-order chi connectivity index (χ0) is 7.61. The molecule has 0 spiro atoms. The Morgan fingerprint density at radius 1 is 1.27 bits per heavy atom. The van der Waals surface area contributed by atoms with Gasteiger partial charge in [-0.15, -0.1) is 12.4 Å². The van der Waals surface area contributed by atoms with Gasteiger partial charge in [0.2, 0.25) is 0 Å². The molecule has 0 aromatic rings. The van der Waals surface area contributed by atoms with E-state index in [1.165, 1.54) is 25.7 Å². The van der Waals surface area contributed by atoms with Crippen molar-refractivity contribution in [2.75, 3.05) is 7.05 Å². The van der Waals surface area contributed by atoms with Gasteiger partial charge in [-0.3, -0.25) is 0 Å². The molecular formula is C9H20ClN. The van der Waals surface area contributed by atoms with Crippen LogP contribution in [0.3, 0.4) is 0 Å². The fourth-order valence-corrected chi connectivity index (χ4v) is 2.03. The standard InChI is InChI=1S/C9H19N.ClH/c1-9(2)7-5-4-6-8(9)10-3;/h8,10H,4-7H2,1-3H3;1H. The predicted molar refractivity (Wildman–Crippen MR) is 52.3 cm³/mol. The van der Waals surface area contributed by atoms with Crippen LogP contribution < -0.4 is 5.32 Å². The van der Waals surface area contributed by atoms with Gasteiger partial charge >= 0.3 is 0 Å². The molecule has 0 aliphatic heterocycles. The Bertz CT molecular complexity index is 112. The highest BCUT2D eigenvalue weighted by atomic mass is 35.5. The minimum Gasteiger partial charge on any atom is -0.316 e. The van der Waals surface area contributed by atoms with Crippen molar-refractivity contribution in [1.82, 2.24) is 5.32 Å². The summed E-state index contributed by atoms with van der Waals surface area (Å²) in [5.74, 6) is 0. The van der Waals surface area contributed by atoms with Crippen molar-refractivity contribution in [3.63, 3.8) is 0 Å². The summed E-state index contributed by atoms with van der Waals surface area (Å²) in [4.78, 5) is 0. The first-order valence-electron chi connectivity index (χ1n) is 4.34. The van der Waals surface area contributed by atoms with Crippen LogP contribution in [0, 0.1) is 5.41 Å². The molecule has 0 bridgehead atoms. The second-order valence-corrected chi connectivity index (χ2v) is 4.08. The topological polar surface area (TPSA) is 12.0 Å². The van der Waals surface area contributed by atoms with Gasteiger partial charge in [0.15, 0.2) is 0 Å². The molecule has 1 nitrogen and oxygen atoms in total. The molecule has 1 fully saturated rings. The Balaban J connectivity index is 0.000001000. The molecule has 0 radical (unpaired) electrons. The lowest BCUT2D eigenvalue weighted by Crippen LogP contribution is -2.42. The van der Waals surface area contributed by atoms with Gasteiger partial charge in [0, 0.05) is 6.04 Å². The number of hydrogen-bond acceptors (Lipinski definition) is 1. The Morgan fingerprint density at radius 3 is 2.27 bits per heavy atom. The molecule has 0 aromatic heterocycles. The molecule has 11 heavy (non-hydrogen) atoms. The summed E-state index contributed by atoms with van der Waals surface area (Å²) >= 11 is 0. The molecule has 1 N–H and O–H groups in total. The Labute approximate surface area is 76.4 Å². The molecule has 68 valence electrons. The van der Waals surface area contributed by atoms with Crippen LogP contribution in [0.15, 0.2) is 0 Å². The second kappa shape index (κ2) is 4.32. The smallest absolute Gasteiger partial charge is 0.0115 e. The SMILES string of the molecule is CNC1CCCCC1(C)C.Cl. The quantitative estimate of drug-likeness (QED) is 0.650. The molecule has 0 saturated heterocycles. The third kappa shape index (κ3) is 2.64. The highest BCUT2D eigenvalue weighted by Crippen LogP contribution is 2.34. The maximum atomic E-state index is 3.39. The Hall–Kier alpha value is 0.250. The molecule has 0 aromatic carbocycles. The lowest BCUT2D eigenvalue weighted by Gasteiger charge is -2.38. The summed E-state index contributed by atoms with van der Waals surface area (Å²) in [6.07, 6.45) is 5.59. The maximum Gasteiger partial charge on any atom is 0.0115 e. The molecule has 1 saturated carbocycles. The van der Waals surface area contributed by atoms with E-state index in [4.69, 9.17) is 0 Å². The van der Waals surface area contributed by atoms with Crippen molar-refractivity contribution < 1.29 is 0 Å². The molecule has 1 aliphatic rings. The fourth-order valence-electron chi connectivity index (χ4n) is 2.03. The van der Waals surface area contributed by atoms with Crippen LogP contribution in [-0.4, -0.2) is 13.1 Å². The maximum absolute atomic E-state index is 3.39. The third-order valence-electron chi connectivity index (χ3n) is 2.86.